The lowest BCUT2D eigenvalue weighted by molar-refractivity contribution is 0.0954. The largest absolute Gasteiger partial charge is 0.497 e. The lowest BCUT2D eigenvalue weighted by Crippen LogP contribution is -2.17. The van der Waals surface area contributed by atoms with E-state index < -0.39 is 0 Å². The minimum absolute atomic E-state index is 0.199. The molecule has 0 fully saturated rings. The summed E-state index contributed by atoms with van der Waals surface area (Å²) in [5, 5.41) is 6.77. The number of nitrogens with one attached hydrogen (secondary N) is 2. The summed E-state index contributed by atoms with van der Waals surface area (Å²) in [5.41, 5.74) is 5.95. The molecule has 3 aromatic carbocycles. The molecule has 6 heteroatoms. The Morgan fingerprint density at radius 2 is 1.62 bits per heavy atom. The number of amides is 2. The molecule has 3 aromatic rings. The number of carbonyl (C=O) groups excluding carboxylic acids is 2. The van der Waals surface area contributed by atoms with E-state index in [4.69, 9.17) is 4.74 Å². The molecule has 0 saturated carbocycles. The van der Waals surface area contributed by atoms with Crippen molar-refractivity contribution in [3.8, 4) is 5.75 Å². The van der Waals surface area contributed by atoms with Gasteiger partial charge in [-0.25, -0.2) is 5.43 Å². The van der Waals surface area contributed by atoms with Crippen molar-refractivity contribution in [3.05, 3.63) is 95.1 Å². The molecule has 29 heavy (non-hydrogen) atoms. The average Bonchev–Trinajstić information content (AvgIpc) is 2.74. The Labute approximate surface area is 169 Å². The summed E-state index contributed by atoms with van der Waals surface area (Å²) >= 11 is 0. The monoisotopic (exact) mass is 387 g/mol. The van der Waals surface area contributed by atoms with Gasteiger partial charge in [-0.1, -0.05) is 17.7 Å². The maximum atomic E-state index is 12.3. The van der Waals surface area contributed by atoms with Gasteiger partial charge in [0.15, 0.2) is 0 Å². The predicted molar refractivity (Wildman–Crippen MR) is 114 cm³/mol. The third-order valence-electron chi connectivity index (χ3n) is 4.18. The number of aryl methyl sites for hydroxylation is 1. The van der Waals surface area contributed by atoms with Crippen LogP contribution in [-0.2, 0) is 0 Å². The van der Waals surface area contributed by atoms with Crippen LogP contribution >= 0.6 is 0 Å². The van der Waals surface area contributed by atoms with Crippen molar-refractivity contribution in [2.75, 3.05) is 12.4 Å². The third kappa shape index (κ3) is 5.52. The van der Waals surface area contributed by atoms with E-state index in [0.29, 0.717) is 16.8 Å². The fraction of sp³-hybridized carbons (Fsp3) is 0.0870. The van der Waals surface area contributed by atoms with E-state index in [9.17, 15) is 9.59 Å². The summed E-state index contributed by atoms with van der Waals surface area (Å²) in [6.45, 7) is 1.93. The van der Waals surface area contributed by atoms with Crippen LogP contribution in [0.2, 0.25) is 0 Å². The molecule has 0 aliphatic rings. The molecule has 0 aliphatic carbocycles. The Morgan fingerprint density at radius 1 is 0.897 bits per heavy atom. The number of methoxy groups -OCH3 is 1. The molecule has 0 radical (unpaired) electrons. The topological polar surface area (TPSA) is 79.8 Å². The fourth-order valence-corrected chi connectivity index (χ4v) is 2.61. The number of hydrogen-bond acceptors (Lipinski definition) is 4. The molecule has 0 atom stereocenters. The van der Waals surface area contributed by atoms with Crippen LogP contribution in [-0.4, -0.2) is 25.1 Å². The first-order valence-electron chi connectivity index (χ1n) is 9.01. The molecule has 0 heterocycles. The Kier molecular flexibility index (Phi) is 6.37. The van der Waals surface area contributed by atoms with Crippen LogP contribution < -0.4 is 15.5 Å². The summed E-state index contributed by atoms with van der Waals surface area (Å²) in [6.07, 6.45) is 1.55. The Bertz CT molecular complexity index is 1030. The van der Waals surface area contributed by atoms with Crippen molar-refractivity contribution in [3.63, 3.8) is 0 Å². The smallest absolute Gasteiger partial charge is 0.271 e. The quantitative estimate of drug-likeness (QED) is 0.495. The van der Waals surface area contributed by atoms with E-state index in [2.05, 4.69) is 15.8 Å². The maximum absolute atomic E-state index is 12.3. The second kappa shape index (κ2) is 9.32. The molecule has 3 rings (SSSR count). The molecule has 0 bridgehead atoms. The number of anilines is 1. The van der Waals surface area contributed by atoms with Gasteiger partial charge in [-0.2, -0.15) is 5.10 Å². The highest BCUT2D eigenvalue weighted by Gasteiger charge is 2.08. The maximum Gasteiger partial charge on any atom is 0.271 e. The molecule has 146 valence electrons. The number of hydrogen-bond donors (Lipinski definition) is 2. The normalized spacial score (nSPS) is 10.6. The van der Waals surface area contributed by atoms with Crippen LogP contribution in [0.25, 0.3) is 0 Å². The van der Waals surface area contributed by atoms with Crippen LogP contribution in [0.15, 0.2) is 77.9 Å². The van der Waals surface area contributed by atoms with Crippen molar-refractivity contribution in [1.82, 2.24) is 5.43 Å². The number of hydrazone groups is 1. The fourth-order valence-electron chi connectivity index (χ4n) is 2.61. The number of benzene rings is 3. The summed E-state index contributed by atoms with van der Waals surface area (Å²) in [4.78, 5) is 24.5. The molecular formula is C23H21N3O3. The van der Waals surface area contributed by atoms with Crippen LogP contribution in [0.3, 0.4) is 0 Å². The highest BCUT2D eigenvalue weighted by molar-refractivity contribution is 6.04. The zero-order valence-corrected chi connectivity index (χ0v) is 16.2. The van der Waals surface area contributed by atoms with Crippen molar-refractivity contribution < 1.29 is 14.3 Å². The van der Waals surface area contributed by atoms with Gasteiger partial charge in [0, 0.05) is 16.8 Å². The number of carbonyl (C=O) groups is 2. The van der Waals surface area contributed by atoms with E-state index in [1.54, 1.807) is 43.7 Å². The minimum atomic E-state index is -0.341. The first kappa shape index (κ1) is 19.8. The predicted octanol–water partition coefficient (Wildman–Crippen LogP) is 4.02. The molecular weight excluding hydrogens is 366 g/mol. The summed E-state index contributed by atoms with van der Waals surface area (Å²) in [7, 11) is 1.60. The van der Waals surface area contributed by atoms with Gasteiger partial charge in [0.1, 0.15) is 5.75 Å². The first-order valence-corrected chi connectivity index (χ1v) is 9.01. The summed E-state index contributed by atoms with van der Waals surface area (Å²) in [6, 6.07) is 21.2. The van der Waals surface area contributed by atoms with Crippen molar-refractivity contribution in [1.29, 1.82) is 0 Å². The molecule has 0 unspecified atom stereocenters. The zero-order chi connectivity index (χ0) is 20.6. The van der Waals surface area contributed by atoms with Crippen LogP contribution in [0.1, 0.15) is 31.8 Å². The zero-order valence-electron chi connectivity index (χ0n) is 16.2. The van der Waals surface area contributed by atoms with E-state index in [0.717, 1.165) is 16.9 Å². The lowest BCUT2D eigenvalue weighted by atomic mass is 10.1. The Balaban J connectivity index is 1.56. The van der Waals surface area contributed by atoms with Crippen LogP contribution in [0.4, 0.5) is 5.69 Å². The third-order valence-corrected chi connectivity index (χ3v) is 4.18. The van der Waals surface area contributed by atoms with E-state index in [1.807, 2.05) is 49.4 Å². The van der Waals surface area contributed by atoms with Gasteiger partial charge in [0.25, 0.3) is 11.8 Å². The number of rotatable bonds is 6. The van der Waals surface area contributed by atoms with Gasteiger partial charge >= 0.3 is 0 Å². The van der Waals surface area contributed by atoms with Gasteiger partial charge in [-0.05, 0) is 73.2 Å². The van der Waals surface area contributed by atoms with Gasteiger partial charge < -0.3 is 10.1 Å². The molecule has 2 amide bonds. The summed E-state index contributed by atoms with van der Waals surface area (Å²) < 4.78 is 5.09. The van der Waals surface area contributed by atoms with E-state index >= 15 is 0 Å². The highest BCUT2D eigenvalue weighted by atomic mass is 16.5. The molecule has 6 nitrogen and oxygen atoms in total. The molecule has 2 N–H and O–H groups in total. The van der Waals surface area contributed by atoms with Crippen LogP contribution in [0.5, 0.6) is 5.75 Å². The standard InChI is InChI=1S/C23H21N3O3/c1-16-4-3-5-19(14-16)22(27)25-20-10-8-18(9-11-20)23(28)26-24-15-17-6-12-21(29-2)13-7-17/h3-15H,1-2H3,(H,25,27)(H,26,28)/b24-15-. The molecule has 0 aliphatic heterocycles. The number of ether oxygens (including phenoxy) is 1. The van der Waals surface area contributed by atoms with Crippen molar-refractivity contribution in [2.24, 2.45) is 5.10 Å². The minimum Gasteiger partial charge on any atom is -0.497 e. The molecule has 0 aromatic heterocycles. The second-order valence-corrected chi connectivity index (χ2v) is 6.37. The van der Waals surface area contributed by atoms with Crippen LogP contribution in [0, 0.1) is 6.92 Å². The van der Waals surface area contributed by atoms with Gasteiger partial charge in [0.05, 0.1) is 13.3 Å². The van der Waals surface area contributed by atoms with Gasteiger partial charge in [0.2, 0.25) is 0 Å². The summed E-state index contributed by atoms with van der Waals surface area (Å²) in [5.74, 6) is 0.210. The second-order valence-electron chi connectivity index (χ2n) is 6.37. The van der Waals surface area contributed by atoms with E-state index in [1.165, 1.54) is 0 Å². The molecule has 0 spiro atoms. The van der Waals surface area contributed by atoms with Gasteiger partial charge in [-0.15, -0.1) is 0 Å². The molecule has 0 saturated heterocycles. The Morgan fingerprint density at radius 3 is 2.28 bits per heavy atom. The first-order chi connectivity index (χ1) is 14.0. The van der Waals surface area contributed by atoms with Crippen molar-refractivity contribution >= 4 is 23.7 Å². The number of nitrogens with zero attached hydrogens (tertiary/aromatic N) is 1. The lowest BCUT2D eigenvalue weighted by Gasteiger charge is -2.07. The Hall–Kier alpha value is -3.93. The van der Waals surface area contributed by atoms with Gasteiger partial charge in [-0.3, -0.25) is 9.59 Å². The highest BCUT2D eigenvalue weighted by Crippen LogP contribution is 2.13. The van der Waals surface area contributed by atoms with Crippen molar-refractivity contribution in [2.45, 2.75) is 6.92 Å². The average molecular weight is 387 g/mol. The SMILES string of the molecule is COc1ccc(/C=N\NC(=O)c2ccc(NC(=O)c3cccc(C)c3)cc2)cc1. The van der Waals surface area contributed by atoms with E-state index in [-0.39, 0.29) is 11.8 Å².